The second-order valence-electron chi connectivity index (χ2n) is 10.5. The Kier molecular flexibility index (Phi) is 9.27. The van der Waals surface area contributed by atoms with E-state index in [9.17, 15) is 8.42 Å². The summed E-state index contributed by atoms with van der Waals surface area (Å²) >= 11 is 0. The molecule has 0 spiro atoms. The summed E-state index contributed by atoms with van der Waals surface area (Å²) in [7, 11) is -4.46. The van der Waals surface area contributed by atoms with E-state index in [1.165, 1.54) is 6.33 Å². The maximum Gasteiger partial charge on any atom is 0.246 e. The molecule has 0 radical (unpaired) electrons. The third-order valence-electron chi connectivity index (χ3n) is 7.28. The van der Waals surface area contributed by atoms with Crippen molar-refractivity contribution in [2.45, 2.75) is 44.2 Å². The first-order chi connectivity index (χ1) is 20.7. The molecule has 4 aromatic carbocycles. The van der Waals surface area contributed by atoms with Crippen LogP contribution in [0.15, 0.2) is 102 Å². The number of halogens is 2. The van der Waals surface area contributed by atoms with Crippen LogP contribution in [0.1, 0.15) is 35.4 Å². The van der Waals surface area contributed by atoms with Crippen LogP contribution in [0.5, 0.6) is 0 Å². The summed E-state index contributed by atoms with van der Waals surface area (Å²) in [5.74, 6) is -1.46. The highest BCUT2D eigenvalue weighted by Crippen LogP contribution is 2.30. The van der Waals surface area contributed by atoms with Crippen LogP contribution in [0.2, 0.25) is 0 Å². The van der Waals surface area contributed by atoms with Gasteiger partial charge in [-0.25, -0.2) is 17.2 Å². The molecule has 2 N–H and O–H groups in total. The van der Waals surface area contributed by atoms with Crippen molar-refractivity contribution in [1.29, 1.82) is 0 Å². The van der Waals surface area contributed by atoms with Gasteiger partial charge in [0.2, 0.25) is 10.0 Å². The first-order valence-corrected chi connectivity index (χ1v) is 15.5. The first-order valence-electron chi connectivity index (χ1n) is 14.0. The lowest BCUT2D eigenvalue weighted by atomic mass is 10.0. The maximum atomic E-state index is 15.5. The van der Waals surface area contributed by atoms with Crippen molar-refractivity contribution in [1.82, 2.24) is 19.1 Å². The number of sulfonamides is 1. The second kappa shape index (κ2) is 13.3. The third kappa shape index (κ3) is 7.33. The van der Waals surface area contributed by atoms with Crippen LogP contribution in [-0.4, -0.2) is 34.0 Å². The number of unbranched alkanes of at least 4 members (excludes halogenated alkanes) is 1. The molecule has 0 saturated carbocycles. The van der Waals surface area contributed by atoms with Crippen LogP contribution in [0.3, 0.4) is 0 Å². The fraction of sp³-hybridized carbons (Fsp3) is 0.212. The molecule has 5 aromatic rings. The summed E-state index contributed by atoms with van der Waals surface area (Å²) in [5, 5.41) is 8.17. The fourth-order valence-corrected chi connectivity index (χ4v) is 6.45. The summed E-state index contributed by atoms with van der Waals surface area (Å²) in [4.78, 5) is -0.714. The summed E-state index contributed by atoms with van der Waals surface area (Å²) in [6, 6.07) is 25.9. The highest BCUT2D eigenvalue weighted by Gasteiger charge is 2.30. The van der Waals surface area contributed by atoms with Crippen molar-refractivity contribution in [3.8, 4) is 11.1 Å². The largest absolute Gasteiger partial charge is 0.399 e. The van der Waals surface area contributed by atoms with Crippen molar-refractivity contribution in [2.24, 2.45) is 0 Å². The molecular weight excluding hydrogens is 568 g/mol. The number of nitrogens with zero attached hydrogens (tertiary/aromatic N) is 4. The average Bonchev–Trinajstić information content (AvgIpc) is 3.43. The molecule has 0 unspecified atom stereocenters. The van der Waals surface area contributed by atoms with Gasteiger partial charge < -0.3 is 10.3 Å². The van der Waals surface area contributed by atoms with Crippen molar-refractivity contribution in [3.05, 3.63) is 131 Å². The lowest BCUT2D eigenvalue weighted by Gasteiger charge is -2.23. The molecule has 1 aromatic heterocycles. The zero-order valence-electron chi connectivity index (χ0n) is 23.8. The smallest absolute Gasteiger partial charge is 0.246 e. The van der Waals surface area contributed by atoms with Gasteiger partial charge in [-0.2, -0.15) is 4.31 Å². The first kappa shape index (κ1) is 30.1. The van der Waals surface area contributed by atoms with E-state index in [2.05, 4.69) is 10.2 Å². The molecule has 7 nitrogen and oxygen atoms in total. The predicted molar refractivity (Wildman–Crippen MR) is 163 cm³/mol. The molecule has 0 saturated heterocycles. The van der Waals surface area contributed by atoms with Crippen LogP contribution in [0.4, 0.5) is 14.5 Å². The summed E-state index contributed by atoms with van der Waals surface area (Å²) in [6.07, 6.45) is 3.49. The molecule has 5 rings (SSSR count). The number of aromatic nitrogens is 3. The Labute approximate surface area is 250 Å². The average molecular weight is 602 g/mol. The van der Waals surface area contributed by atoms with Gasteiger partial charge in [-0.15, -0.1) is 10.2 Å². The monoisotopic (exact) mass is 601 g/mol. The topological polar surface area (TPSA) is 94.1 Å². The van der Waals surface area contributed by atoms with Crippen molar-refractivity contribution in [3.63, 3.8) is 0 Å². The van der Waals surface area contributed by atoms with Gasteiger partial charge in [0.25, 0.3) is 0 Å². The fourth-order valence-electron chi connectivity index (χ4n) is 4.96. The number of nitrogens with two attached hydrogens (primary N) is 1. The number of aryl methyl sites for hydroxylation is 2. The zero-order chi connectivity index (χ0) is 30.4. The Balaban J connectivity index is 1.43. The molecule has 0 aliphatic rings. The van der Waals surface area contributed by atoms with Crippen molar-refractivity contribution >= 4 is 15.7 Å². The van der Waals surface area contributed by atoms with Gasteiger partial charge in [-0.1, -0.05) is 72.3 Å². The van der Waals surface area contributed by atoms with Gasteiger partial charge in [0.05, 0.1) is 13.1 Å². The van der Waals surface area contributed by atoms with Gasteiger partial charge in [0, 0.05) is 17.8 Å². The molecule has 10 heteroatoms. The van der Waals surface area contributed by atoms with E-state index in [0.29, 0.717) is 36.5 Å². The van der Waals surface area contributed by atoms with Gasteiger partial charge >= 0.3 is 0 Å². The Morgan fingerprint density at radius 2 is 1.63 bits per heavy atom. The van der Waals surface area contributed by atoms with Crippen LogP contribution >= 0.6 is 0 Å². The Bertz CT molecular complexity index is 1790. The SMILES string of the molecule is Cc1cccc(-c2cc(F)c(S(=O)(=O)N(CCCCc3ccccc3)Cc3nncn3Cc3ccc(N)cc3)cc2F)c1. The Morgan fingerprint density at radius 1 is 0.860 bits per heavy atom. The standard InChI is InChI=1S/C33H33F2N5O2S/c1-24-8-7-12-27(18-24)29-19-31(35)32(20-30(29)34)43(41,42)40(17-6-5-11-25-9-3-2-4-10-25)22-33-38-37-23-39(33)21-26-13-15-28(36)16-14-26/h2-4,7-10,12-16,18-20,23H,5-6,11,17,21-22,36H2,1H3. The normalized spacial score (nSPS) is 11.7. The minimum absolute atomic E-state index is 0.00204. The summed E-state index contributed by atoms with van der Waals surface area (Å²) in [6.45, 7) is 2.16. The van der Waals surface area contributed by atoms with Gasteiger partial charge in [-0.05, 0) is 67.1 Å². The number of anilines is 1. The highest BCUT2D eigenvalue weighted by atomic mass is 32.2. The quantitative estimate of drug-likeness (QED) is 0.132. The molecule has 0 atom stereocenters. The number of nitrogen functional groups attached to an aromatic ring is 1. The van der Waals surface area contributed by atoms with Crippen LogP contribution in [0, 0.1) is 18.6 Å². The van der Waals surface area contributed by atoms with Gasteiger partial charge in [-0.3, -0.25) is 0 Å². The van der Waals surface area contributed by atoms with Gasteiger partial charge in [0.15, 0.2) is 0 Å². The van der Waals surface area contributed by atoms with E-state index < -0.39 is 26.6 Å². The molecule has 0 amide bonds. The number of benzene rings is 4. The molecule has 0 aliphatic carbocycles. The summed E-state index contributed by atoms with van der Waals surface area (Å²) in [5.41, 5.74) is 9.83. The van der Waals surface area contributed by atoms with Crippen LogP contribution in [-0.2, 0) is 29.5 Å². The van der Waals surface area contributed by atoms with E-state index in [0.717, 1.165) is 39.5 Å². The van der Waals surface area contributed by atoms with Crippen LogP contribution in [0.25, 0.3) is 11.1 Å². The van der Waals surface area contributed by atoms with Gasteiger partial charge in [0.1, 0.15) is 28.7 Å². The molecule has 1 heterocycles. The maximum absolute atomic E-state index is 15.5. The van der Waals surface area contributed by atoms with E-state index >= 15 is 8.78 Å². The molecule has 0 aliphatic heterocycles. The number of rotatable bonds is 12. The van der Waals surface area contributed by atoms with E-state index in [1.807, 2.05) is 55.5 Å². The predicted octanol–water partition coefficient (Wildman–Crippen LogP) is 6.38. The molecule has 0 fully saturated rings. The van der Waals surface area contributed by atoms with E-state index in [4.69, 9.17) is 5.73 Å². The van der Waals surface area contributed by atoms with E-state index in [-0.39, 0.29) is 18.7 Å². The lowest BCUT2D eigenvalue weighted by Crippen LogP contribution is -2.33. The molecule has 0 bridgehead atoms. The summed E-state index contributed by atoms with van der Waals surface area (Å²) < 4.78 is 61.7. The highest BCUT2D eigenvalue weighted by molar-refractivity contribution is 7.89. The molecule has 222 valence electrons. The van der Waals surface area contributed by atoms with Crippen LogP contribution < -0.4 is 5.73 Å². The Morgan fingerprint density at radius 3 is 2.37 bits per heavy atom. The number of hydrogen-bond donors (Lipinski definition) is 1. The molecule has 43 heavy (non-hydrogen) atoms. The zero-order valence-corrected chi connectivity index (χ0v) is 24.6. The minimum Gasteiger partial charge on any atom is -0.399 e. The van der Waals surface area contributed by atoms with E-state index in [1.54, 1.807) is 34.9 Å². The Hall–Kier alpha value is -4.41. The lowest BCUT2D eigenvalue weighted by molar-refractivity contribution is 0.378. The van der Waals surface area contributed by atoms with Crippen molar-refractivity contribution in [2.75, 3.05) is 12.3 Å². The number of hydrogen-bond acceptors (Lipinski definition) is 5. The molecular formula is C33H33F2N5O2S. The second-order valence-corrected chi connectivity index (χ2v) is 12.4. The third-order valence-corrected chi connectivity index (χ3v) is 9.14. The minimum atomic E-state index is -4.46. The van der Waals surface area contributed by atoms with Crippen molar-refractivity contribution < 1.29 is 17.2 Å².